The van der Waals surface area contributed by atoms with Gasteiger partial charge in [-0.05, 0) is 50.3 Å². The first-order valence-corrected chi connectivity index (χ1v) is 6.97. The van der Waals surface area contributed by atoms with E-state index in [-0.39, 0.29) is 0 Å². The molecule has 1 fully saturated rings. The maximum Gasteiger partial charge on any atom is 0.0869 e. The summed E-state index contributed by atoms with van der Waals surface area (Å²) in [4.78, 5) is 0. The molecule has 2 rings (SSSR count). The van der Waals surface area contributed by atoms with E-state index >= 15 is 0 Å². The lowest BCUT2D eigenvalue weighted by Gasteiger charge is -2.25. The minimum absolute atomic E-state index is 0.344. The van der Waals surface area contributed by atoms with Gasteiger partial charge in [0.15, 0.2) is 0 Å². The molecule has 3 heteroatoms. The van der Waals surface area contributed by atoms with Crippen molar-refractivity contribution < 1.29 is 9.84 Å². The van der Waals surface area contributed by atoms with E-state index in [1.807, 2.05) is 31.2 Å². The lowest BCUT2D eigenvalue weighted by Crippen LogP contribution is -2.23. The van der Waals surface area contributed by atoms with Gasteiger partial charge in [0.05, 0.1) is 11.7 Å². The van der Waals surface area contributed by atoms with Gasteiger partial charge in [-0.15, -0.1) is 0 Å². The van der Waals surface area contributed by atoms with Gasteiger partial charge >= 0.3 is 0 Å². The summed E-state index contributed by atoms with van der Waals surface area (Å²) in [5.41, 5.74) is 0.214. The first-order chi connectivity index (χ1) is 8.08. The molecule has 17 heavy (non-hydrogen) atoms. The zero-order valence-electron chi connectivity index (χ0n) is 10.2. The molecule has 0 amide bonds. The standard InChI is InChI=1S/C14H19BrO2/c1-14(16,9-8-13-3-2-10-17-13)11-4-6-12(15)7-5-11/h4-7,13,16H,2-3,8-10H2,1H3. The molecule has 0 radical (unpaired) electrons. The molecule has 1 aliphatic heterocycles. The summed E-state index contributed by atoms with van der Waals surface area (Å²) in [6, 6.07) is 7.88. The van der Waals surface area contributed by atoms with Gasteiger partial charge in [-0.25, -0.2) is 0 Å². The predicted molar refractivity (Wildman–Crippen MR) is 71.9 cm³/mol. The second-order valence-corrected chi connectivity index (χ2v) is 5.87. The zero-order valence-corrected chi connectivity index (χ0v) is 11.7. The Hall–Kier alpha value is -0.380. The maximum absolute atomic E-state index is 10.5. The third-order valence-electron chi connectivity index (χ3n) is 3.44. The molecule has 0 saturated carbocycles. The number of benzene rings is 1. The fourth-order valence-corrected chi connectivity index (χ4v) is 2.53. The van der Waals surface area contributed by atoms with E-state index in [1.54, 1.807) is 0 Å². The Morgan fingerprint density at radius 1 is 1.41 bits per heavy atom. The van der Waals surface area contributed by atoms with Crippen LogP contribution >= 0.6 is 15.9 Å². The predicted octanol–water partition coefficient (Wildman–Crippen LogP) is 3.62. The Morgan fingerprint density at radius 2 is 2.12 bits per heavy atom. The van der Waals surface area contributed by atoms with Crippen LogP contribution in [-0.4, -0.2) is 17.8 Å². The molecular formula is C14H19BrO2. The van der Waals surface area contributed by atoms with E-state index in [9.17, 15) is 5.11 Å². The summed E-state index contributed by atoms with van der Waals surface area (Å²) in [6.07, 6.45) is 4.32. The molecule has 1 aromatic carbocycles. The van der Waals surface area contributed by atoms with Crippen LogP contribution < -0.4 is 0 Å². The zero-order chi connectivity index (χ0) is 12.3. The molecule has 1 aliphatic rings. The maximum atomic E-state index is 10.5. The summed E-state index contributed by atoms with van der Waals surface area (Å²) in [5.74, 6) is 0. The third kappa shape index (κ3) is 3.54. The lowest BCUT2D eigenvalue weighted by atomic mass is 9.90. The van der Waals surface area contributed by atoms with Crippen molar-refractivity contribution >= 4 is 15.9 Å². The molecule has 1 N–H and O–H groups in total. The highest BCUT2D eigenvalue weighted by Gasteiger charge is 2.25. The minimum atomic E-state index is -0.757. The van der Waals surface area contributed by atoms with Gasteiger partial charge in [-0.3, -0.25) is 0 Å². The van der Waals surface area contributed by atoms with Crippen LogP contribution in [0.1, 0.15) is 38.2 Å². The van der Waals surface area contributed by atoms with E-state index in [0.29, 0.717) is 6.10 Å². The molecule has 2 unspecified atom stereocenters. The number of hydrogen-bond acceptors (Lipinski definition) is 2. The Balaban J connectivity index is 1.94. The van der Waals surface area contributed by atoms with Crippen LogP contribution in [0.5, 0.6) is 0 Å². The smallest absolute Gasteiger partial charge is 0.0869 e. The molecule has 0 aromatic heterocycles. The first-order valence-electron chi connectivity index (χ1n) is 6.18. The molecule has 1 heterocycles. The Kier molecular flexibility index (Phi) is 4.23. The molecule has 94 valence electrons. The highest BCUT2D eigenvalue weighted by Crippen LogP contribution is 2.29. The highest BCUT2D eigenvalue weighted by molar-refractivity contribution is 9.10. The molecule has 0 aliphatic carbocycles. The van der Waals surface area contributed by atoms with Crippen LogP contribution in [0.15, 0.2) is 28.7 Å². The van der Waals surface area contributed by atoms with Crippen molar-refractivity contribution in [2.45, 2.75) is 44.3 Å². The molecule has 0 bridgehead atoms. The molecular weight excluding hydrogens is 280 g/mol. The normalized spacial score (nSPS) is 23.6. The van der Waals surface area contributed by atoms with Crippen LogP contribution in [0.25, 0.3) is 0 Å². The van der Waals surface area contributed by atoms with Crippen LogP contribution in [0.4, 0.5) is 0 Å². The van der Waals surface area contributed by atoms with Gasteiger partial charge in [0.2, 0.25) is 0 Å². The summed E-state index contributed by atoms with van der Waals surface area (Å²) in [7, 11) is 0. The van der Waals surface area contributed by atoms with Crippen molar-refractivity contribution in [3.8, 4) is 0 Å². The lowest BCUT2D eigenvalue weighted by molar-refractivity contribution is 0.0220. The van der Waals surface area contributed by atoms with Crippen LogP contribution in [0, 0.1) is 0 Å². The fraction of sp³-hybridized carbons (Fsp3) is 0.571. The molecule has 1 aromatic rings. The molecule has 2 nitrogen and oxygen atoms in total. The number of aliphatic hydroxyl groups is 1. The van der Waals surface area contributed by atoms with Crippen LogP contribution in [-0.2, 0) is 10.3 Å². The Labute approximate surface area is 111 Å². The molecule has 1 saturated heterocycles. The molecule has 2 atom stereocenters. The second-order valence-electron chi connectivity index (χ2n) is 4.95. The van der Waals surface area contributed by atoms with E-state index in [1.165, 1.54) is 0 Å². The SMILES string of the molecule is CC(O)(CCC1CCCO1)c1ccc(Br)cc1. The second kappa shape index (κ2) is 5.51. The summed E-state index contributed by atoms with van der Waals surface area (Å²) in [5, 5.41) is 10.5. The van der Waals surface area contributed by atoms with Crippen molar-refractivity contribution in [2.75, 3.05) is 6.61 Å². The van der Waals surface area contributed by atoms with Crippen molar-refractivity contribution in [2.24, 2.45) is 0 Å². The van der Waals surface area contributed by atoms with Gasteiger partial charge in [-0.2, -0.15) is 0 Å². The number of hydrogen-bond donors (Lipinski definition) is 1. The quantitative estimate of drug-likeness (QED) is 0.920. The monoisotopic (exact) mass is 298 g/mol. The number of ether oxygens (including phenoxy) is 1. The van der Waals surface area contributed by atoms with Gasteiger partial charge in [0, 0.05) is 11.1 Å². The van der Waals surface area contributed by atoms with E-state index < -0.39 is 5.60 Å². The van der Waals surface area contributed by atoms with E-state index in [0.717, 1.165) is 42.3 Å². The van der Waals surface area contributed by atoms with Crippen molar-refractivity contribution in [3.63, 3.8) is 0 Å². The van der Waals surface area contributed by atoms with Gasteiger partial charge in [0.25, 0.3) is 0 Å². The van der Waals surface area contributed by atoms with Gasteiger partial charge in [-0.1, -0.05) is 28.1 Å². The summed E-state index contributed by atoms with van der Waals surface area (Å²) >= 11 is 3.40. The topological polar surface area (TPSA) is 29.5 Å². The van der Waals surface area contributed by atoms with Crippen LogP contribution in [0.2, 0.25) is 0 Å². The Morgan fingerprint density at radius 3 is 2.71 bits per heavy atom. The first kappa shape index (κ1) is 13.1. The third-order valence-corrected chi connectivity index (χ3v) is 3.97. The van der Waals surface area contributed by atoms with Crippen LogP contribution in [0.3, 0.4) is 0 Å². The van der Waals surface area contributed by atoms with Gasteiger partial charge in [0.1, 0.15) is 0 Å². The summed E-state index contributed by atoms with van der Waals surface area (Å²) in [6.45, 7) is 2.76. The number of halogens is 1. The van der Waals surface area contributed by atoms with Crippen molar-refractivity contribution in [1.82, 2.24) is 0 Å². The molecule has 0 spiro atoms. The minimum Gasteiger partial charge on any atom is -0.385 e. The van der Waals surface area contributed by atoms with E-state index in [4.69, 9.17) is 4.74 Å². The largest absolute Gasteiger partial charge is 0.385 e. The Bertz CT molecular complexity index is 353. The average molecular weight is 299 g/mol. The fourth-order valence-electron chi connectivity index (χ4n) is 2.27. The summed E-state index contributed by atoms with van der Waals surface area (Å²) < 4.78 is 6.62. The van der Waals surface area contributed by atoms with Gasteiger partial charge < -0.3 is 9.84 Å². The average Bonchev–Trinajstić information content (AvgIpc) is 2.80. The van der Waals surface area contributed by atoms with Crippen molar-refractivity contribution in [1.29, 1.82) is 0 Å². The number of rotatable bonds is 4. The highest BCUT2D eigenvalue weighted by atomic mass is 79.9. The van der Waals surface area contributed by atoms with E-state index in [2.05, 4.69) is 15.9 Å². The van der Waals surface area contributed by atoms with Crippen molar-refractivity contribution in [3.05, 3.63) is 34.3 Å².